The summed E-state index contributed by atoms with van der Waals surface area (Å²) in [5.41, 5.74) is 1.94. The van der Waals surface area contributed by atoms with Gasteiger partial charge >= 0.3 is 6.01 Å². The fourth-order valence-corrected chi connectivity index (χ4v) is 9.60. The molecule has 3 aromatic carbocycles. The van der Waals surface area contributed by atoms with Crippen molar-refractivity contribution in [3.8, 4) is 35.2 Å². The van der Waals surface area contributed by atoms with Crippen LogP contribution in [-0.4, -0.2) is 71.4 Å². The molecule has 1 spiro atoms. The van der Waals surface area contributed by atoms with Gasteiger partial charge in [-0.2, -0.15) is 9.97 Å². The average Bonchev–Trinajstić information content (AvgIpc) is 3.34. The van der Waals surface area contributed by atoms with Crippen LogP contribution in [-0.2, 0) is 0 Å². The fourth-order valence-electron chi connectivity index (χ4n) is 9.60. The Morgan fingerprint density at radius 1 is 1.04 bits per heavy atom. The maximum atomic E-state index is 17.2. The van der Waals surface area contributed by atoms with Gasteiger partial charge in [-0.25, -0.2) is 8.78 Å². The summed E-state index contributed by atoms with van der Waals surface area (Å²) < 4.78 is 38.7. The second-order valence-electron chi connectivity index (χ2n) is 15.8. The van der Waals surface area contributed by atoms with E-state index in [1.165, 1.54) is 56.8 Å². The van der Waals surface area contributed by atoms with Gasteiger partial charge in [-0.3, -0.25) is 0 Å². The second-order valence-corrected chi connectivity index (χ2v) is 15.8. The van der Waals surface area contributed by atoms with Crippen LogP contribution in [0.5, 0.6) is 11.8 Å². The van der Waals surface area contributed by atoms with Crippen molar-refractivity contribution in [1.29, 1.82) is 0 Å². The van der Waals surface area contributed by atoms with Crippen molar-refractivity contribution < 1.29 is 18.6 Å². The number of nitrogens with one attached hydrogen (secondary N) is 1. The number of benzene rings is 3. The Kier molecular flexibility index (Phi) is 7.30. The van der Waals surface area contributed by atoms with Gasteiger partial charge in [0.2, 0.25) is 0 Å². The highest BCUT2D eigenvalue weighted by atomic mass is 19.1. The zero-order valence-electron chi connectivity index (χ0n) is 28.1. The summed E-state index contributed by atoms with van der Waals surface area (Å²) in [6, 6.07) is 8.60. The maximum absolute atomic E-state index is 17.2. The molecule has 2 aliphatic carbocycles. The molecule has 4 aromatic rings. The van der Waals surface area contributed by atoms with Gasteiger partial charge in [0, 0.05) is 60.0 Å². The summed E-state index contributed by atoms with van der Waals surface area (Å²) in [5.74, 6) is 1.93. The first-order valence-corrected chi connectivity index (χ1v) is 18.0. The van der Waals surface area contributed by atoms with Gasteiger partial charge in [0.05, 0.1) is 12.2 Å². The molecule has 5 fully saturated rings. The molecule has 5 aliphatic rings. The first-order valence-electron chi connectivity index (χ1n) is 18.0. The largest absolute Gasteiger partial charge is 0.508 e. The van der Waals surface area contributed by atoms with E-state index in [4.69, 9.17) is 21.1 Å². The van der Waals surface area contributed by atoms with Gasteiger partial charge in [0.15, 0.2) is 5.82 Å². The third-order valence-electron chi connectivity index (χ3n) is 12.3. The predicted octanol–water partition coefficient (Wildman–Crippen LogP) is 7.09. The molecule has 3 aliphatic heterocycles. The minimum absolute atomic E-state index is 0.0293. The van der Waals surface area contributed by atoms with Crippen molar-refractivity contribution in [3.05, 3.63) is 53.1 Å². The number of halogens is 2. The van der Waals surface area contributed by atoms with E-state index < -0.39 is 11.6 Å². The van der Waals surface area contributed by atoms with E-state index in [1.807, 2.05) is 13.0 Å². The molecule has 2 bridgehead atoms. The van der Waals surface area contributed by atoms with Crippen LogP contribution in [0.25, 0.3) is 32.8 Å². The van der Waals surface area contributed by atoms with Crippen LogP contribution in [0.2, 0.25) is 0 Å². The molecule has 4 heterocycles. The van der Waals surface area contributed by atoms with Gasteiger partial charge in [0.25, 0.3) is 0 Å². The van der Waals surface area contributed by atoms with E-state index in [2.05, 4.69) is 21.0 Å². The van der Waals surface area contributed by atoms with E-state index in [0.29, 0.717) is 57.2 Å². The van der Waals surface area contributed by atoms with Gasteiger partial charge in [0.1, 0.15) is 22.9 Å². The smallest absolute Gasteiger partial charge is 0.319 e. The quantitative estimate of drug-likeness (QED) is 0.205. The predicted molar refractivity (Wildman–Crippen MR) is 188 cm³/mol. The van der Waals surface area contributed by atoms with E-state index in [9.17, 15) is 9.50 Å². The fraction of sp³-hybridized carbons (Fsp3) is 0.500. The maximum Gasteiger partial charge on any atom is 0.319 e. The third-order valence-corrected chi connectivity index (χ3v) is 12.3. The second kappa shape index (κ2) is 11.5. The molecule has 9 heteroatoms. The van der Waals surface area contributed by atoms with E-state index >= 15 is 4.39 Å². The number of terminal acetylenes is 1. The first-order chi connectivity index (χ1) is 23.7. The number of rotatable bonds is 7. The Balaban J connectivity index is 1.11. The number of phenolic OH excluding ortho intramolecular Hbond substituents is 1. The topological polar surface area (TPSA) is 73.8 Å². The first kappa shape index (κ1) is 31.0. The normalized spacial score (nSPS) is 23.9. The number of piperazine rings is 1. The lowest BCUT2D eigenvalue weighted by atomic mass is 9.86. The summed E-state index contributed by atoms with van der Waals surface area (Å²) in [5, 5.41) is 15.9. The molecule has 1 aromatic heterocycles. The molecule has 2 N–H and O–H groups in total. The molecule has 0 radical (unpaired) electrons. The highest BCUT2D eigenvalue weighted by Crippen LogP contribution is 2.51. The van der Waals surface area contributed by atoms with Crippen LogP contribution in [0.1, 0.15) is 68.9 Å². The molecule has 7 nitrogen and oxygen atoms in total. The van der Waals surface area contributed by atoms with Crippen molar-refractivity contribution in [3.63, 3.8) is 0 Å². The molecule has 9 rings (SSSR count). The Morgan fingerprint density at radius 3 is 2.55 bits per heavy atom. The summed E-state index contributed by atoms with van der Waals surface area (Å²) in [7, 11) is 0. The zero-order chi connectivity index (χ0) is 33.5. The molecule has 3 saturated heterocycles. The van der Waals surface area contributed by atoms with Crippen molar-refractivity contribution in [1.82, 2.24) is 20.2 Å². The highest BCUT2D eigenvalue weighted by molar-refractivity contribution is 6.05. The summed E-state index contributed by atoms with van der Waals surface area (Å²) in [4.78, 5) is 14.6. The number of aromatic hydroxyl groups is 1. The number of nitrogens with zero attached hydrogens (tertiary/aromatic N) is 4. The monoisotopic (exact) mass is 663 g/mol. The van der Waals surface area contributed by atoms with Crippen LogP contribution in [0.3, 0.4) is 0 Å². The van der Waals surface area contributed by atoms with Crippen LogP contribution in [0.4, 0.5) is 14.6 Å². The van der Waals surface area contributed by atoms with Crippen LogP contribution in [0.15, 0.2) is 30.3 Å². The lowest BCUT2D eigenvalue weighted by Crippen LogP contribution is -2.51. The highest BCUT2D eigenvalue weighted by Gasteiger charge is 2.48. The molecule has 2 atom stereocenters. The van der Waals surface area contributed by atoms with Gasteiger partial charge in [-0.05, 0) is 105 Å². The Labute approximate surface area is 286 Å². The van der Waals surface area contributed by atoms with Gasteiger partial charge in [-0.15, -0.1) is 6.42 Å². The van der Waals surface area contributed by atoms with Crippen LogP contribution >= 0.6 is 0 Å². The van der Waals surface area contributed by atoms with Crippen molar-refractivity contribution in [2.45, 2.75) is 76.8 Å². The Hall–Kier alpha value is -4.00. The number of likely N-dealkylation sites (tertiary alicyclic amines) is 1. The molecule has 254 valence electrons. The summed E-state index contributed by atoms with van der Waals surface area (Å²) in [6.07, 6.45) is 16.9. The standard InChI is InChI=1S/C40H43F2N5O2/c1-3-29-32(41)9-6-25-17-28(48)18-30(34(25)29)33-24(2)16-31-36(35(33)42)44-38(45-37(31)47-19-26-7-8-27(20-47)43-26)49-23-40(12-13-40)22-46-15-14-39(21-46)10-4-5-11-39/h1,6,9,16-18,26-27,43,48H,4-5,7-8,10-15,19-23H2,2H3. The third kappa shape index (κ3) is 5.39. The molecule has 0 amide bonds. The van der Waals surface area contributed by atoms with Crippen LogP contribution < -0.4 is 15.0 Å². The molecule has 2 saturated carbocycles. The van der Waals surface area contributed by atoms with E-state index in [0.717, 1.165) is 51.9 Å². The number of aromatic nitrogens is 2. The number of anilines is 1. The molecule has 2 unspecified atom stereocenters. The number of hydrogen-bond donors (Lipinski definition) is 2. The number of phenols is 1. The Bertz CT molecular complexity index is 2020. The van der Waals surface area contributed by atoms with E-state index in [1.54, 1.807) is 6.07 Å². The Morgan fingerprint density at radius 2 is 1.82 bits per heavy atom. The lowest BCUT2D eigenvalue weighted by Gasteiger charge is -2.34. The molecule has 49 heavy (non-hydrogen) atoms. The van der Waals surface area contributed by atoms with Crippen LogP contribution in [0, 0.1) is 41.7 Å². The van der Waals surface area contributed by atoms with Crippen molar-refractivity contribution >= 4 is 27.5 Å². The molecular weight excluding hydrogens is 620 g/mol. The molecular formula is C40H43F2N5O2. The number of ether oxygens (including phenoxy) is 1. The van der Waals surface area contributed by atoms with E-state index in [-0.39, 0.29) is 33.8 Å². The number of fused-ring (bicyclic) bond motifs is 4. The summed E-state index contributed by atoms with van der Waals surface area (Å²) in [6.45, 7) is 7.23. The summed E-state index contributed by atoms with van der Waals surface area (Å²) >= 11 is 0. The van der Waals surface area contributed by atoms with Crippen molar-refractivity contribution in [2.75, 3.05) is 44.2 Å². The van der Waals surface area contributed by atoms with Gasteiger partial charge in [-0.1, -0.05) is 24.8 Å². The number of hydrogen-bond acceptors (Lipinski definition) is 7. The zero-order valence-corrected chi connectivity index (χ0v) is 28.1. The lowest BCUT2D eigenvalue weighted by molar-refractivity contribution is 0.159. The van der Waals surface area contributed by atoms with Crippen molar-refractivity contribution in [2.24, 2.45) is 10.8 Å². The minimum atomic E-state index is -0.573. The minimum Gasteiger partial charge on any atom is -0.508 e. The van der Waals surface area contributed by atoms with Gasteiger partial charge < -0.3 is 25.0 Å². The number of aryl methyl sites for hydroxylation is 1. The SMILES string of the molecule is C#Cc1c(F)ccc2cc(O)cc(-c3c(C)cc4c(N5CC6CCC(C5)N6)nc(OCC5(CN6CCC7(CCCC7)C6)CC5)nc4c3F)c12. The average molecular weight is 664 g/mol.